The van der Waals surface area contributed by atoms with Gasteiger partial charge in [-0.05, 0) is 31.2 Å². The maximum Gasteiger partial charge on any atom is 0.129 e. The Kier molecular flexibility index (Phi) is 6.09. The zero-order valence-corrected chi connectivity index (χ0v) is 11.8. The van der Waals surface area contributed by atoms with Crippen molar-refractivity contribution >= 4 is 11.8 Å². The van der Waals surface area contributed by atoms with E-state index >= 15 is 0 Å². The Morgan fingerprint density at radius 1 is 1.29 bits per heavy atom. The first-order valence-corrected chi connectivity index (χ1v) is 7.36. The molecule has 0 spiro atoms. The summed E-state index contributed by atoms with van der Waals surface area (Å²) in [6.07, 6.45) is 4.50. The van der Waals surface area contributed by atoms with Crippen LogP contribution in [0.25, 0.3) is 0 Å². The molecule has 1 rings (SSSR count). The molecule has 17 heavy (non-hydrogen) atoms. The second-order valence-corrected chi connectivity index (χ2v) is 5.50. The lowest BCUT2D eigenvalue weighted by atomic mass is 10.0. The third kappa shape index (κ3) is 4.05. The Morgan fingerprint density at radius 2 is 1.94 bits per heavy atom. The van der Waals surface area contributed by atoms with Gasteiger partial charge in [0.25, 0.3) is 0 Å². The summed E-state index contributed by atoms with van der Waals surface area (Å²) in [5.74, 6) is 1.51. The highest BCUT2D eigenvalue weighted by molar-refractivity contribution is 8.00. The molecule has 0 saturated heterocycles. The molecule has 0 atom stereocenters. The molecule has 3 nitrogen and oxygen atoms in total. The Labute approximate surface area is 108 Å². The normalized spacial score (nSPS) is 12.0. The molecule has 0 bridgehead atoms. The second-order valence-electron chi connectivity index (χ2n) is 4.22. The summed E-state index contributed by atoms with van der Waals surface area (Å²) in [4.78, 5) is 0. The van der Waals surface area contributed by atoms with Gasteiger partial charge in [0.1, 0.15) is 18.1 Å². The number of nitrogens with one attached hydrogen (secondary N) is 1. The van der Waals surface area contributed by atoms with Gasteiger partial charge in [0, 0.05) is 11.3 Å². The maximum absolute atomic E-state index is 8.90. The zero-order chi connectivity index (χ0) is 12.7. The zero-order valence-electron chi connectivity index (χ0n) is 11.0. The van der Waals surface area contributed by atoms with Crippen LogP contribution in [0.4, 0.5) is 0 Å². The monoisotopic (exact) mass is 257 g/mol. The van der Waals surface area contributed by atoms with Gasteiger partial charge in [-0.2, -0.15) is 11.8 Å². The lowest BCUT2D eigenvalue weighted by molar-refractivity contribution is 0.242. The van der Waals surface area contributed by atoms with Crippen LogP contribution in [-0.4, -0.2) is 22.7 Å². The summed E-state index contributed by atoms with van der Waals surface area (Å²) in [6.45, 7) is 6.15. The highest BCUT2D eigenvalue weighted by Crippen LogP contribution is 2.29. The molecule has 0 unspecified atom stereocenters. The standard InChI is InChI=1S/C13H23NO2S/c1-4-13(5-2,17-3)10-14-8-11-6-7-12(9-15)16-11/h6-7,14-15H,4-5,8-10H2,1-3H3. The molecule has 0 amide bonds. The van der Waals surface area contributed by atoms with Crippen molar-refractivity contribution in [3.63, 3.8) is 0 Å². The van der Waals surface area contributed by atoms with E-state index in [-0.39, 0.29) is 6.61 Å². The maximum atomic E-state index is 8.90. The van der Waals surface area contributed by atoms with Crippen LogP contribution in [0.2, 0.25) is 0 Å². The van der Waals surface area contributed by atoms with E-state index in [4.69, 9.17) is 9.52 Å². The summed E-state index contributed by atoms with van der Waals surface area (Å²) in [6, 6.07) is 3.73. The number of rotatable bonds is 8. The molecule has 0 aliphatic rings. The van der Waals surface area contributed by atoms with Crippen molar-refractivity contribution in [2.45, 2.75) is 44.6 Å². The van der Waals surface area contributed by atoms with Gasteiger partial charge in [-0.3, -0.25) is 0 Å². The molecule has 0 radical (unpaired) electrons. The van der Waals surface area contributed by atoms with Crippen molar-refractivity contribution in [2.75, 3.05) is 12.8 Å². The highest BCUT2D eigenvalue weighted by atomic mass is 32.2. The SMILES string of the molecule is CCC(CC)(CNCc1ccc(CO)o1)SC. The number of hydrogen-bond acceptors (Lipinski definition) is 4. The molecule has 1 heterocycles. The van der Waals surface area contributed by atoms with Gasteiger partial charge in [-0.25, -0.2) is 0 Å². The van der Waals surface area contributed by atoms with Gasteiger partial charge in [-0.1, -0.05) is 13.8 Å². The van der Waals surface area contributed by atoms with Crippen LogP contribution in [-0.2, 0) is 13.2 Å². The van der Waals surface area contributed by atoms with Gasteiger partial charge < -0.3 is 14.8 Å². The van der Waals surface area contributed by atoms with Gasteiger partial charge in [0.05, 0.1) is 6.54 Å². The van der Waals surface area contributed by atoms with Crippen molar-refractivity contribution in [3.8, 4) is 0 Å². The van der Waals surface area contributed by atoms with Gasteiger partial charge in [0.2, 0.25) is 0 Å². The Balaban J connectivity index is 2.40. The first kappa shape index (κ1) is 14.6. The van der Waals surface area contributed by atoms with Gasteiger partial charge in [0.15, 0.2) is 0 Å². The van der Waals surface area contributed by atoms with Crippen LogP contribution < -0.4 is 5.32 Å². The summed E-state index contributed by atoms with van der Waals surface area (Å²) in [7, 11) is 0. The van der Waals surface area contributed by atoms with E-state index in [0.29, 0.717) is 10.5 Å². The lowest BCUT2D eigenvalue weighted by Crippen LogP contribution is -2.36. The van der Waals surface area contributed by atoms with Crippen LogP contribution in [0.3, 0.4) is 0 Å². The Bertz CT molecular complexity index is 313. The van der Waals surface area contributed by atoms with E-state index in [2.05, 4.69) is 25.4 Å². The van der Waals surface area contributed by atoms with E-state index in [0.717, 1.165) is 31.7 Å². The second kappa shape index (κ2) is 7.09. The topological polar surface area (TPSA) is 45.4 Å². The first-order chi connectivity index (χ1) is 8.19. The molecular formula is C13H23NO2S. The summed E-state index contributed by atoms with van der Waals surface area (Å²) >= 11 is 1.93. The van der Waals surface area contributed by atoms with Crippen molar-refractivity contribution in [1.82, 2.24) is 5.32 Å². The fourth-order valence-electron chi connectivity index (χ4n) is 1.88. The number of aliphatic hydroxyl groups excluding tert-OH is 1. The average molecular weight is 257 g/mol. The van der Waals surface area contributed by atoms with Crippen molar-refractivity contribution in [1.29, 1.82) is 0 Å². The molecule has 0 aromatic carbocycles. The molecular weight excluding hydrogens is 234 g/mol. The predicted molar refractivity (Wildman–Crippen MR) is 73.2 cm³/mol. The molecule has 0 fully saturated rings. The molecule has 0 aliphatic heterocycles. The summed E-state index contributed by atoms with van der Waals surface area (Å²) < 4.78 is 5.75. The average Bonchev–Trinajstić information content (AvgIpc) is 2.83. The number of hydrogen-bond donors (Lipinski definition) is 2. The van der Waals surface area contributed by atoms with E-state index in [1.165, 1.54) is 0 Å². The van der Waals surface area contributed by atoms with E-state index in [9.17, 15) is 0 Å². The minimum atomic E-state index is -0.0291. The molecule has 2 N–H and O–H groups in total. The largest absolute Gasteiger partial charge is 0.462 e. The minimum absolute atomic E-state index is 0.0291. The third-order valence-corrected chi connectivity index (χ3v) is 4.93. The van der Waals surface area contributed by atoms with Crippen LogP contribution in [0.5, 0.6) is 0 Å². The van der Waals surface area contributed by atoms with Crippen molar-refractivity contribution < 1.29 is 9.52 Å². The fraction of sp³-hybridized carbons (Fsp3) is 0.692. The molecule has 1 aromatic rings. The lowest BCUT2D eigenvalue weighted by Gasteiger charge is -2.29. The molecule has 4 heteroatoms. The Hall–Kier alpha value is -0.450. The van der Waals surface area contributed by atoms with Crippen LogP contribution in [0, 0.1) is 0 Å². The molecule has 1 aromatic heterocycles. The smallest absolute Gasteiger partial charge is 0.129 e. The first-order valence-electron chi connectivity index (χ1n) is 6.14. The predicted octanol–water partition coefficient (Wildman–Crippen LogP) is 2.78. The molecule has 0 saturated carbocycles. The Morgan fingerprint density at radius 3 is 2.41 bits per heavy atom. The minimum Gasteiger partial charge on any atom is -0.462 e. The quantitative estimate of drug-likeness (QED) is 0.751. The summed E-state index contributed by atoms with van der Waals surface area (Å²) in [5, 5.41) is 12.3. The van der Waals surface area contributed by atoms with Gasteiger partial charge >= 0.3 is 0 Å². The number of aliphatic hydroxyl groups is 1. The number of thioether (sulfide) groups is 1. The van der Waals surface area contributed by atoms with Crippen LogP contribution in [0.1, 0.15) is 38.2 Å². The number of furan rings is 1. The molecule has 0 aliphatic carbocycles. The van der Waals surface area contributed by atoms with Crippen molar-refractivity contribution in [2.24, 2.45) is 0 Å². The summed E-state index contributed by atoms with van der Waals surface area (Å²) in [5.41, 5.74) is 0. The van der Waals surface area contributed by atoms with E-state index in [1.54, 1.807) is 0 Å². The van der Waals surface area contributed by atoms with Crippen molar-refractivity contribution in [3.05, 3.63) is 23.7 Å². The van der Waals surface area contributed by atoms with Gasteiger partial charge in [-0.15, -0.1) is 0 Å². The fourth-order valence-corrected chi connectivity index (χ4v) is 2.70. The molecule has 98 valence electrons. The third-order valence-electron chi connectivity index (χ3n) is 3.34. The van der Waals surface area contributed by atoms with E-state index < -0.39 is 0 Å². The highest BCUT2D eigenvalue weighted by Gasteiger charge is 2.24. The van der Waals surface area contributed by atoms with Crippen LogP contribution in [0.15, 0.2) is 16.5 Å². The van der Waals surface area contributed by atoms with E-state index in [1.807, 2.05) is 23.9 Å². The van der Waals surface area contributed by atoms with Crippen LogP contribution >= 0.6 is 11.8 Å².